The first-order chi connectivity index (χ1) is 9.63. The summed E-state index contributed by atoms with van der Waals surface area (Å²) in [7, 11) is 0. The maximum atomic E-state index is 4.55. The van der Waals surface area contributed by atoms with Crippen LogP contribution in [0, 0.1) is 20.8 Å². The van der Waals surface area contributed by atoms with Crippen LogP contribution in [0.3, 0.4) is 0 Å². The van der Waals surface area contributed by atoms with E-state index in [0.717, 1.165) is 13.0 Å². The summed E-state index contributed by atoms with van der Waals surface area (Å²) in [5.41, 5.74) is 6.57. The van der Waals surface area contributed by atoms with Crippen molar-refractivity contribution in [1.29, 1.82) is 0 Å². The quantitative estimate of drug-likeness (QED) is 0.889. The summed E-state index contributed by atoms with van der Waals surface area (Å²) >= 11 is 0. The number of nitrogens with one attached hydrogen (secondary N) is 1. The zero-order chi connectivity index (χ0) is 14.5. The molecule has 0 aliphatic heterocycles. The number of nitrogens with zero attached hydrogens (tertiary/aromatic N) is 1. The van der Waals surface area contributed by atoms with Crippen molar-refractivity contribution in [3.05, 3.63) is 64.5 Å². The summed E-state index contributed by atoms with van der Waals surface area (Å²) in [4.78, 5) is 4.55. The van der Waals surface area contributed by atoms with Gasteiger partial charge < -0.3 is 5.32 Å². The van der Waals surface area contributed by atoms with Crippen LogP contribution in [0.25, 0.3) is 0 Å². The highest BCUT2D eigenvalue weighted by Gasteiger charge is 2.17. The van der Waals surface area contributed by atoms with E-state index in [-0.39, 0.29) is 0 Å². The van der Waals surface area contributed by atoms with Gasteiger partial charge >= 0.3 is 0 Å². The Labute approximate surface area is 122 Å². The lowest BCUT2D eigenvalue weighted by Crippen LogP contribution is -2.25. The molecule has 1 aromatic carbocycles. The first-order valence-electron chi connectivity index (χ1n) is 7.33. The topological polar surface area (TPSA) is 24.9 Å². The van der Waals surface area contributed by atoms with Gasteiger partial charge in [0.1, 0.15) is 0 Å². The molecule has 1 unspecified atom stereocenters. The number of hydrogen-bond donors (Lipinski definition) is 1. The molecule has 1 heterocycles. The van der Waals surface area contributed by atoms with Crippen molar-refractivity contribution >= 4 is 0 Å². The highest BCUT2D eigenvalue weighted by atomic mass is 14.9. The van der Waals surface area contributed by atoms with Gasteiger partial charge in [-0.1, -0.05) is 31.2 Å². The maximum absolute atomic E-state index is 4.55. The average molecular weight is 268 g/mol. The van der Waals surface area contributed by atoms with Crippen LogP contribution in [0.15, 0.2) is 36.5 Å². The first kappa shape index (κ1) is 14.7. The van der Waals surface area contributed by atoms with Gasteiger partial charge in [-0.05, 0) is 55.6 Å². The van der Waals surface area contributed by atoms with Crippen LogP contribution < -0.4 is 5.32 Å². The van der Waals surface area contributed by atoms with Crippen molar-refractivity contribution in [2.24, 2.45) is 0 Å². The van der Waals surface area contributed by atoms with Gasteiger partial charge in [0.2, 0.25) is 0 Å². The normalized spacial score (nSPS) is 12.4. The van der Waals surface area contributed by atoms with E-state index in [1.165, 1.54) is 27.9 Å². The Bertz CT molecular complexity index is 555. The van der Waals surface area contributed by atoms with Crippen LogP contribution in [0.4, 0.5) is 0 Å². The zero-order valence-electron chi connectivity index (χ0n) is 12.9. The predicted molar refractivity (Wildman–Crippen MR) is 85.0 cm³/mol. The molecular formula is C18H24N2. The summed E-state index contributed by atoms with van der Waals surface area (Å²) < 4.78 is 0. The molecule has 1 aromatic heterocycles. The predicted octanol–water partition coefficient (Wildman–Crippen LogP) is 3.90. The lowest BCUT2D eigenvalue weighted by atomic mass is 9.92. The van der Waals surface area contributed by atoms with E-state index in [0.29, 0.717) is 6.04 Å². The van der Waals surface area contributed by atoms with E-state index in [9.17, 15) is 0 Å². The second-order valence-electron chi connectivity index (χ2n) is 5.39. The third-order valence-corrected chi connectivity index (χ3v) is 3.86. The largest absolute Gasteiger partial charge is 0.310 e. The molecule has 2 heteroatoms. The van der Waals surface area contributed by atoms with Gasteiger partial charge in [0.05, 0.1) is 0 Å². The standard InChI is InChI=1S/C18H24N2/c1-5-19-17(12-16-13(2)10-7-11-20-16)18-14(3)8-6-9-15(18)4/h6-11,17,19H,5,12H2,1-4H3. The Morgan fingerprint density at radius 1 is 1.00 bits per heavy atom. The molecule has 1 atom stereocenters. The van der Waals surface area contributed by atoms with Gasteiger partial charge in [0.15, 0.2) is 0 Å². The molecule has 20 heavy (non-hydrogen) atoms. The smallest absolute Gasteiger partial charge is 0.0451 e. The lowest BCUT2D eigenvalue weighted by molar-refractivity contribution is 0.538. The minimum Gasteiger partial charge on any atom is -0.310 e. The molecule has 0 spiro atoms. The van der Waals surface area contributed by atoms with E-state index in [4.69, 9.17) is 0 Å². The molecule has 1 N–H and O–H groups in total. The Morgan fingerprint density at radius 2 is 1.65 bits per heavy atom. The van der Waals surface area contributed by atoms with Crippen molar-refractivity contribution in [2.45, 2.75) is 40.2 Å². The fourth-order valence-electron chi connectivity index (χ4n) is 2.83. The Hall–Kier alpha value is -1.67. The van der Waals surface area contributed by atoms with Crippen LogP contribution >= 0.6 is 0 Å². The third-order valence-electron chi connectivity index (χ3n) is 3.86. The molecule has 0 aliphatic carbocycles. The minimum absolute atomic E-state index is 0.329. The molecule has 2 aromatic rings. The van der Waals surface area contributed by atoms with Gasteiger partial charge in [-0.2, -0.15) is 0 Å². The number of likely N-dealkylation sites (N-methyl/N-ethyl adjacent to an activating group) is 1. The second kappa shape index (κ2) is 6.67. The zero-order valence-corrected chi connectivity index (χ0v) is 12.9. The molecule has 0 bridgehead atoms. The van der Waals surface area contributed by atoms with E-state index < -0.39 is 0 Å². The summed E-state index contributed by atoms with van der Waals surface area (Å²) in [5.74, 6) is 0. The fraction of sp³-hybridized carbons (Fsp3) is 0.389. The van der Waals surface area contributed by atoms with E-state index in [1.807, 2.05) is 12.3 Å². The Morgan fingerprint density at radius 3 is 2.25 bits per heavy atom. The summed E-state index contributed by atoms with van der Waals surface area (Å²) in [5, 5.41) is 3.62. The highest BCUT2D eigenvalue weighted by Crippen LogP contribution is 2.25. The third kappa shape index (κ3) is 3.26. The van der Waals surface area contributed by atoms with Gasteiger partial charge in [0, 0.05) is 24.4 Å². The van der Waals surface area contributed by atoms with Gasteiger partial charge in [-0.25, -0.2) is 0 Å². The molecule has 0 saturated heterocycles. The van der Waals surface area contributed by atoms with Crippen molar-refractivity contribution < 1.29 is 0 Å². The molecule has 0 aliphatic rings. The van der Waals surface area contributed by atoms with Crippen molar-refractivity contribution in [3.63, 3.8) is 0 Å². The number of benzene rings is 1. The van der Waals surface area contributed by atoms with Crippen molar-refractivity contribution in [1.82, 2.24) is 10.3 Å². The molecular weight excluding hydrogens is 244 g/mol. The van der Waals surface area contributed by atoms with E-state index in [2.05, 4.69) is 62.3 Å². The Kier molecular flexibility index (Phi) is 4.91. The Balaban J connectivity index is 2.35. The SMILES string of the molecule is CCNC(Cc1ncccc1C)c1c(C)cccc1C. The number of rotatable bonds is 5. The molecule has 0 amide bonds. The number of hydrogen-bond acceptors (Lipinski definition) is 2. The van der Waals surface area contributed by atoms with Crippen LogP contribution in [-0.4, -0.2) is 11.5 Å². The molecule has 0 fully saturated rings. The number of aryl methyl sites for hydroxylation is 3. The summed E-state index contributed by atoms with van der Waals surface area (Å²) in [6.07, 6.45) is 2.82. The van der Waals surface area contributed by atoms with Gasteiger partial charge in [-0.3, -0.25) is 4.98 Å². The maximum Gasteiger partial charge on any atom is 0.0451 e. The molecule has 0 saturated carbocycles. The fourth-order valence-corrected chi connectivity index (χ4v) is 2.83. The second-order valence-corrected chi connectivity index (χ2v) is 5.39. The monoisotopic (exact) mass is 268 g/mol. The molecule has 0 radical (unpaired) electrons. The van der Waals surface area contributed by atoms with Crippen LogP contribution in [-0.2, 0) is 6.42 Å². The van der Waals surface area contributed by atoms with Crippen molar-refractivity contribution in [3.8, 4) is 0 Å². The summed E-state index contributed by atoms with van der Waals surface area (Å²) in [6, 6.07) is 11.0. The van der Waals surface area contributed by atoms with Crippen LogP contribution in [0.5, 0.6) is 0 Å². The molecule has 106 valence electrons. The molecule has 2 nitrogen and oxygen atoms in total. The van der Waals surface area contributed by atoms with E-state index >= 15 is 0 Å². The average Bonchev–Trinajstić information content (AvgIpc) is 2.41. The van der Waals surface area contributed by atoms with Crippen molar-refractivity contribution in [2.75, 3.05) is 6.54 Å². The van der Waals surface area contributed by atoms with Gasteiger partial charge in [0.25, 0.3) is 0 Å². The minimum atomic E-state index is 0.329. The van der Waals surface area contributed by atoms with Gasteiger partial charge in [-0.15, -0.1) is 0 Å². The highest BCUT2D eigenvalue weighted by molar-refractivity contribution is 5.37. The molecule has 2 rings (SSSR count). The summed E-state index contributed by atoms with van der Waals surface area (Å²) in [6.45, 7) is 9.64. The van der Waals surface area contributed by atoms with E-state index in [1.54, 1.807) is 0 Å². The number of pyridine rings is 1. The lowest BCUT2D eigenvalue weighted by Gasteiger charge is -2.23. The number of aromatic nitrogens is 1. The van der Waals surface area contributed by atoms with Crippen LogP contribution in [0.1, 0.15) is 40.9 Å². The first-order valence-corrected chi connectivity index (χ1v) is 7.33. The van der Waals surface area contributed by atoms with Crippen LogP contribution in [0.2, 0.25) is 0 Å².